The standard InChI is InChI=1S/C13H20N2O/c1-10(14)8-9-13(16)15-11(2)12-6-4-3-5-7-12/h3-7,10-11H,8-9,14H2,1-2H3,(H,15,16)/t10?,11-/m1/s1. The van der Waals surface area contributed by atoms with Gasteiger partial charge in [-0.05, 0) is 25.8 Å². The number of carbonyl (C=O) groups excluding carboxylic acids is 1. The Hall–Kier alpha value is -1.35. The topological polar surface area (TPSA) is 55.1 Å². The highest BCUT2D eigenvalue weighted by Gasteiger charge is 2.09. The summed E-state index contributed by atoms with van der Waals surface area (Å²) < 4.78 is 0. The zero-order valence-corrected chi connectivity index (χ0v) is 9.94. The van der Waals surface area contributed by atoms with Crippen LogP contribution in [0, 0.1) is 0 Å². The molecule has 0 radical (unpaired) electrons. The van der Waals surface area contributed by atoms with Gasteiger partial charge in [0.2, 0.25) is 5.91 Å². The summed E-state index contributed by atoms with van der Waals surface area (Å²) >= 11 is 0. The third-order valence-corrected chi connectivity index (χ3v) is 2.50. The highest BCUT2D eigenvalue weighted by atomic mass is 16.1. The molecule has 3 nitrogen and oxygen atoms in total. The van der Waals surface area contributed by atoms with E-state index >= 15 is 0 Å². The van der Waals surface area contributed by atoms with Crippen molar-refractivity contribution in [2.75, 3.05) is 0 Å². The first kappa shape index (κ1) is 12.7. The van der Waals surface area contributed by atoms with E-state index in [1.54, 1.807) is 0 Å². The Morgan fingerprint density at radius 3 is 2.50 bits per heavy atom. The van der Waals surface area contributed by atoms with Gasteiger partial charge in [-0.15, -0.1) is 0 Å². The van der Waals surface area contributed by atoms with Crippen LogP contribution in [0.4, 0.5) is 0 Å². The van der Waals surface area contributed by atoms with Crippen LogP contribution in [0.2, 0.25) is 0 Å². The van der Waals surface area contributed by atoms with E-state index in [9.17, 15) is 4.79 Å². The Morgan fingerprint density at radius 1 is 1.31 bits per heavy atom. The van der Waals surface area contributed by atoms with Gasteiger partial charge in [0.1, 0.15) is 0 Å². The average Bonchev–Trinajstić information content (AvgIpc) is 2.27. The number of benzene rings is 1. The minimum atomic E-state index is 0.0572. The summed E-state index contributed by atoms with van der Waals surface area (Å²) in [6.07, 6.45) is 1.22. The molecule has 0 fully saturated rings. The normalized spacial score (nSPS) is 14.2. The van der Waals surface area contributed by atoms with Gasteiger partial charge in [0.25, 0.3) is 0 Å². The third-order valence-electron chi connectivity index (χ3n) is 2.50. The van der Waals surface area contributed by atoms with Gasteiger partial charge in [-0.1, -0.05) is 30.3 Å². The van der Waals surface area contributed by atoms with Gasteiger partial charge < -0.3 is 11.1 Å². The van der Waals surface area contributed by atoms with Crippen molar-refractivity contribution in [2.24, 2.45) is 5.73 Å². The van der Waals surface area contributed by atoms with E-state index in [4.69, 9.17) is 5.73 Å². The van der Waals surface area contributed by atoms with E-state index in [-0.39, 0.29) is 18.0 Å². The fraction of sp³-hybridized carbons (Fsp3) is 0.462. The van der Waals surface area contributed by atoms with E-state index in [1.807, 2.05) is 44.2 Å². The fourth-order valence-corrected chi connectivity index (χ4v) is 1.50. The van der Waals surface area contributed by atoms with Crippen molar-refractivity contribution in [3.05, 3.63) is 35.9 Å². The summed E-state index contributed by atoms with van der Waals surface area (Å²) in [5.41, 5.74) is 6.72. The van der Waals surface area contributed by atoms with Crippen LogP contribution >= 0.6 is 0 Å². The maximum atomic E-state index is 11.6. The lowest BCUT2D eigenvalue weighted by atomic mass is 10.1. The molecule has 0 heterocycles. The molecule has 3 heteroatoms. The van der Waals surface area contributed by atoms with E-state index in [0.717, 1.165) is 12.0 Å². The molecule has 1 aromatic carbocycles. The molecule has 0 aliphatic rings. The van der Waals surface area contributed by atoms with Crippen LogP contribution in [0.25, 0.3) is 0 Å². The molecule has 1 rings (SSSR count). The SMILES string of the molecule is CC(N)CCC(=O)N[C@H](C)c1ccccc1. The van der Waals surface area contributed by atoms with Crippen LogP contribution < -0.4 is 11.1 Å². The summed E-state index contributed by atoms with van der Waals surface area (Å²) in [6, 6.07) is 10.1. The third kappa shape index (κ3) is 4.45. The predicted molar refractivity (Wildman–Crippen MR) is 65.9 cm³/mol. The molecule has 0 aliphatic carbocycles. The zero-order valence-electron chi connectivity index (χ0n) is 9.94. The fourth-order valence-electron chi connectivity index (χ4n) is 1.50. The minimum absolute atomic E-state index is 0.0572. The summed E-state index contributed by atoms with van der Waals surface area (Å²) in [5.74, 6) is 0.0636. The molecule has 0 aliphatic heterocycles. The van der Waals surface area contributed by atoms with Crippen molar-refractivity contribution in [1.29, 1.82) is 0 Å². The smallest absolute Gasteiger partial charge is 0.220 e. The number of nitrogens with two attached hydrogens (primary N) is 1. The summed E-state index contributed by atoms with van der Waals surface area (Å²) in [5, 5.41) is 2.96. The van der Waals surface area contributed by atoms with Crippen molar-refractivity contribution in [3.8, 4) is 0 Å². The molecule has 1 unspecified atom stereocenters. The number of nitrogens with one attached hydrogen (secondary N) is 1. The minimum Gasteiger partial charge on any atom is -0.350 e. The Bertz CT molecular complexity index is 322. The average molecular weight is 220 g/mol. The van der Waals surface area contributed by atoms with Gasteiger partial charge in [-0.2, -0.15) is 0 Å². The molecular formula is C13H20N2O. The van der Waals surface area contributed by atoms with Crippen LogP contribution in [0.15, 0.2) is 30.3 Å². The van der Waals surface area contributed by atoms with Crippen molar-refractivity contribution < 1.29 is 4.79 Å². The largest absolute Gasteiger partial charge is 0.350 e. The summed E-state index contributed by atoms with van der Waals surface area (Å²) in [6.45, 7) is 3.90. The first-order valence-electron chi connectivity index (χ1n) is 5.69. The first-order valence-corrected chi connectivity index (χ1v) is 5.69. The molecule has 0 bridgehead atoms. The van der Waals surface area contributed by atoms with Crippen molar-refractivity contribution in [1.82, 2.24) is 5.32 Å². The predicted octanol–water partition coefficient (Wildman–Crippen LogP) is 1.99. The van der Waals surface area contributed by atoms with Crippen LogP contribution in [0.1, 0.15) is 38.3 Å². The molecule has 88 valence electrons. The van der Waals surface area contributed by atoms with Crippen molar-refractivity contribution in [3.63, 3.8) is 0 Å². The highest BCUT2D eigenvalue weighted by molar-refractivity contribution is 5.76. The van der Waals surface area contributed by atoms with Crippen LogP contribution in [0.5, 0.6) is 0 Å². The van der Waals surface area contributed by atoms with Gasteiger partial charge in [0, 0.05) is 12.5 Å². The number of hydrogen-bond acceptors (Lipinski definition) is 2. The van der Waals surface area contributed by atoms with Gasteiger partial charge in [0.15, 0.2) is 0 Å². The van der Waals surface area contributed by atoms with E-state index in [1.165, 1.54) is 0 Å². The van der Waals surface area contributed by atoms with Gasteiger partial charge in [-0.3, -0.25) is 4.79 Å². The number of carbonyl (C=O) groups is 1. The van der Waals surface area contributed by atoms with Gasteiger partial charge in [-0.25, -0.2) is 0 Å². The molecule has 0 aromatic heterocycles. The zero-order chi connectivity index (χ0) is 12.0. The number of hydrogen-bond donors (Lipinski definition) is 2. The van der Waals surface area contributed by atoms with Gasteiger partial charge >= 0.3 is 0 Å². The molecule has 3 N–H and O–H groups in total. The lowest BCUT2D eigenvalue weighted by Gasteiger charge is -2.14. The molecule has 16 heavy (non-hydrogen) atoms. The Balaban J connectivity index is 2.40. The molecule has 0 saturated heterocycles. The van der Waals surface area contributed by atoms with E-state index in [2.05, 4.69) is 5.32 Å². The second-order valence-electron chi connectivity index (χ2n) is 4.22. The maximum Gasteiger partial charge on any atom is 0.220 e. The van der Waals surface area contributed by atoms with E-state index in [0.29, 0.717) is 6.42 Å². The Labute approximate surface area is 97.0 Å². The quantitative estimate of drug-likeness (QED) is 0.797. The second kappa shape index (κ2) is 6.28. The molecule has 0 saturated carbocycles. The second-order valence-corrected chi connectivity index (χ2v) is 4.22. The first-order chi connectivity index (χ1) is 7.59. The van der Waals surface area contributed by atoms with Crippen molar-refractivity contribution >= 4 is 5.91 Å². The van der Waals surface area contributed by atoms with E-state index < -0.39 is 0 Å². The summed E-state index contributed by atoms with van der Waals surface area (Å²) in [7, 11) is 0. The lowest BCUT2D eigenvalue weighted by Crippen LogP contribution is -2.28. The molecule has 1 amide bonds. The van der Waals surface area contributed by atoms with Gasteiger partial charge in [0.05, 0.1) is 6.04 Å². The number of amides is 1. The lowest BCUT2D eigenvalue weighted by molar-refractivity contribution is -0.121. The molecule has 1 aromatic rings. The molecule has 0 spiro atoms. The summed E-state index contributed by atoms with van der Waals surface area (Å²) in [4.78, 5) is 11.6. The van der Waals surface area contributed by atoms with Crippen molar-refractivity contribution in [2.45, 2.75) is 38.8 Å². The maximum absolute atomic E-state index is 11.6. The number of rotatable bonds is 5. The molecule has 2 atom stereocenters. The Kier molecular flexibility index (Phi) is 4.99. The Morgan fingerprint density at radius 2 is 1.94 bits per heavy atom. The van der Waals surface area contributed by atoms with Crippen LogP contribution in [-0.2, 0) is 4.79 Å². The highest BCUT2D eigenvalue weighted by Crippen LogP contribution is 2.11. The monoisotopic (exact) mass is 220 g/mol. The van der Waals surface area contributed by atoms with Crippen LogP contribution in [0.3, 0.4) is 0 Å². The van der Waals surface area contributed by atoms with Crippen LogP contribution in [-0.4, -0.2) is 11.9 Å². The molecular weight excluding hydrogens is 200 g/mol.